The molecule has 1 N–H and O–H groups in total. The van der Waals surface area contributed by atoms with Gasteiger partial charge in [0, 0.05) is 16.1 Å². The molecule has 0 saturated carbocycles. The average Bonchev–Trinajstić information content (AvgIpc) is 3.22. The van der Waals surface area contributed by atoms with Gasteiger partial charge in [-0.3, -0.25) is 14.2 Å². The van der Waals surface area contributed by atoms with Crippen molar-refractivity contribution in [3.63, 3.8) is 0 Å². The zero-order valence-corrected chi connectivity index (χ0v) is 21.8. The number of para-hydroxylation sites is 2. The van der Waals surface area contributed by atoms with E-state index in [4.69, 9.17) is 4.98 Å². The normalized spacial score (nSPS) is 12.0. The van der Waals surface area contributed by atoms with Gasteiger partial charge in [-0.25, -0.2) is 4.98 Å². The standard InChI is InChI=1S/C29H25N3O2S2/c1-18-12-10-11-17-23(18)30-26(33)20(3)36-29-31-27-25(28(34)32(29)22-15-8-5-9-16-22)24(19(2)35-27)21-13-6-4-7-14-21/h4-17,20H,1-3H3,(H,30,33). The molecule has 3 aromatic carbocycles. The summed E-state index contributed by atoms with van der Waals surface area (Å²) in [5.74, 6) is -0.143. The maximum atomic E-state index is 14.1. The van der Waals surface area contributed by atoms with Crippen LogP contribution in [0.4, 0.5) is 5.69 Å². The van der Waals surface area contributed by atoms with Gasteiger partial charge in [0.15, 0.2) is 5.16 Å². The van der Waals surface area contributed by atoms with E-state index in [1.165, 1.54) is 23.1 Å². The lowest BCUT2D eigenvalue weighted by Crippen LogP contribution is -2.26. The molecule has 2 aromatic heterocycles. The van der Waals surface area contributed by atoms with Crippen molar-refractivity contribution in [2.24, 2.45) is 0 Å². The Morgan fingerprint density at radius 1 is 0.944 bits per heavy atom. The second-order valence-electron chi connectivity index (χ2n) is 8.51. The van der Waals surface area contributed by atoms with Crippen LogP contribution in [0.5, 0.6) is 0 Å². The minimum Gasteiger partial charge on any atom is -0.325 e. The summed E-state index contributed by atoms with van der Waals surface area (Å²) in [6.07, 6.45) is 0. The summed E-state index contributed by atoms with van der Waals surface area (Å²) in [6.45, 7) is 5.81. The fraction of sp³-hybridized carbons (Fsp3) is 0.138. The highest BCUT2D eigenvalue weighted by Crippen LogP contribution is 2.37. The van der Waals surface area contributed by atoms with Gasteiger partial charge in [0.1, 0.15) is 4.83 Å². The summed E-state index contributed by atoms with van der Waals surface area (Å²) in [6, 6.07) is 27.1. The zero-order valence-electron chi connectivity index (χ0n) is 20.2. The molecule has 0 radical (unpaired) electrons. The van der Waals surface area contributed by atoms with Gasteiger partial charge in [-0.2, -0.15) is 0 Å². The summed E-state index contributed by atoms with van der Waals surface area (Å²) in [5, 5.41) is 3.63. The molecule has 0 spiro atoms. The van der Waals surface area contributed by atoms with E-state index < -0.39 is 5.25 Å². The van der Waals surface area contributed by atoms with Crippen LogP contribution in [-0.2, 0) is 4.79 Å². The molecular weight excluding hydrogens is 486 g/mol. The maximum absolute atomic E-state index is 14.1. The van der Waals surface area contributed by atoms with E-state index in [1.54, 1.807) is 4.57 Å². The molecule has 0 fully saturated rings. The quantitative estimate of drug-likeness (QED) is 0.200. The Labute approximate surface area is 217 Å². The molecule has 180 valence electrons. The maximum Gasteiger partial charge on any atom is 0.268 e. The SMILES string of the molecule is Cc1ccccc1NC(=O)C(C)Sc1nc2sc(C)c(-c3ccccc3)c2c(=O)n1-c1ccccc1. The van der Waals surface area contributed by atoms with Gasteiger partial charge in [0.25, 0.3) is 5.56 Å². The van der Waals surface area contributed by atoms with E-state index in [0.29, 0.717) is 21.1 Å². The van der Waals surface area contributed by atoms with Crippen molar-refractivity contribution in [3.05, 3.63) is 106 Å². The molecule has 2 heterocycles. The van der Waals surface area contributed by atoms with Crippen LogP contribution in [0.1, 0.15) is 17.4 Å². The van der Waals surface area contributed by atoms with E-state index in [0.717, 1.165) is 27.3 Å². The number of hydrogen-bond donors (Lipinski definition) is 1. The summed E-state index contributed by atoms with van der Waals surface area (Å²) >= 11 is 2.79. The van der Waals surface area contributed by atoms with Crippen molar-refractivity contribution in [1.82, 2.24) is 9.55 Å². The van der Waals surface area contributed by atoms with Crippen LogP contribution >= 0.6 is 23.1 Å². The van der Waals surface area contributed by atoms with Gasteiger partial charge in [0.2, 0.25) is 5.91 Å². The largest absolute Gasteiger partial charge is 0.325 e. The highest BCUT2D eigenvalue weighted by atomic mass is 32.2. The third-order valence-corrected chi connectivity index (χ3v) is 8.05. The smallest absolute Gasteiger partial charge is 0.268 e. The van der Waals surface area contributed by atoms with Crippen molar-refractivity contribution in [1.29, 1.82) is 0 Å². The topological polar surface area (TPSA) is 64.0 Å². The Balaban J connectivity index is 1.61. The Morgan fingerprint density at radius 3 is 2.28 bits per heavy atom. The fourth-order valence-electron chi connectivity index (χ4n) is 4.14. The van der Waals surface area contributed by atoms with Crippen molar-refractivity contribution in [2.45, 2.75) is 31.2 Å². The van der Waals surface area contributed by atoms with Crippen molar-refractivity contribution < 1.29 is 4.79 Å². The summed E-state index contributed by atoms with van der Waals surface area (Å²) in [7, 11) is 0. The number of fused-ring (bicyclic) bond motifs is 1. The lowest BCUT2D eigenvalue weighted by atomic mass is 10.0. The minimum absolute atomic E-state index is 0.136. The Bertz CT molecular complexity index is 1610. The van der Waals surface area contributed by atoms with Gasteiger partial charge < -0.3 is 5.32 Å². The number of carbonyl (C=O) groups is 1. The predicted octanol–water partition coefficient (Wildman–Crippen LogP) is 6.85. The second kappa shape index (κ2) is 10.1. The molecule has 7 heteroatoms. The Kier molecular flexibility index (Phi) is 6.76. The van der Waals surface area contributed by atoms with Gasteiger partial charge in [-0.15, -0.1) is 11.3 Å². The number of benzene rings is 3. The number of aryl methyl sites for hydroxylation is 2. The number of nitrogens with one attached hydrogen (secondary N) is 1. The molecule has 0 bridgehead atoms. The van der Waals surface area contributed by atoms with Crippen LogP contribution in [-0.4, -0.2) is 20.7 Å². The van der Waals surface area contributed by atoms with E-state index in [2.05, 4.69) is 5.32 Å². The van der Waals surface area contributed by atoms with Crippen molar-refractivity contribution >= 4 is 44.9 Å². The first-order chi connectivity index (χ1) is 17.4. The van der Waals surface area contributed by atoms with Gasteiger partial charge in [-0.1, -0.05) is 78.5 Å². The Morgan fingerprint density at radius 2 is 1.58 bits per heavy atom. The van der Waals surface area contributed by atoms with E-state index >= 15 is 0 Å². The zero-order chi connectivity index (χ0) is 25.2. The summed E-state index contributed by atoms with van der Waals surface area (Å²) < 4.78 is 1.63. The summed E-state index contributed by atoms with van der Waals surface area (Å²) in [5.41, 5.74) is 4.26. The first kappa shape index (κ1) is 24.0. The van der Waals surface area contributed by atoms with Crippen molar-refractivity contribution in [3.8, 4) is 16.8 Å². The molecule has 0 aliphatic heterocycles. The molecule has 5 rings (SSSR count). The average molecular weight is 512 g/mol. The van der Waals surface area contributed by atoms with Crippen LogP contribution < -0.4 is 10.9 Å². The predicted molar refractivity (Wildman–Crippen MR) is 151 cm³/mol. The number of rotatable bonds is 6. The van der Waals surface area contributed by atoms with E-state index in [-0.39, 0.29) is 11.5 Å². The van der Waals surface area contributed by atoms with Crippen LogP contribution in [0.25, 0.3) is 27.0 Å². The van der Waals surface area contributed by atoms with Crippen LogP contribution in [0, 0.1) is 13.8 Å². The third kappa shape index (κ3) is 4.59. The molecule has 36 heavy (non-hydrogen) atoms. The molecule has 1 amide bonds. The monoisotopic (exact) mass is 511 g/mol. The number of thiophene rings is 1. The van der Waals surface area contributed by atoms with Crippen LogP contribution in [0.3, 0.4) is 0 Å². The number of thioether (sulfide) groups is 1. The number of carbonyl (C=O) groups excluding carboxylic acids is 1. The third-order valence-electron chi connectivity index (χ3n) is 6.00. The lowest BCUT2D eigenvalue weighted by Gasteiger charge is -2.16. The first-order valence-corrected chi connectivity index (χ1v) is 13.3. The highest BCUT2D eigenvalue weighted by molar-refractivity contribution is 8.00. The Hall–Kier alpha value is -3.68. The van der Waals surface area contributed by atoms with Crippen LogP contribution in [0.15, 0.2) is 94.9 Å². The number of hydrogen-bond acceptors (Lipinski definition) is 5. The van der Waals surface area contributed by atoms with Crippen LogP contribution in [0.2, 0.25) is 0 Å². The molecular formula is C29H25N3O2S2. The number of amides is 1. The molecule has 0 saturated heterocycles. The number of aromatic nitrogens is 2. The second-order valence-corrected chi connectivity index (χ2v) is 11.0. The summed E-state index contributed by atoms with van der Waals surface area (Å²) in [4.78, 5) is 33.8. The van der Waals surface area contributed by atoms with Gasteiger partial charge >= 0.3 is 0 Å². The van der Waals surface area contributed by atoms with Gasteiger partial charge in [0.05, 0.1) is 16.3 Å². The van der Waals surface area contributed by atoms with E-state index in [9.17, 15) is 9.59 Å². The lowest BCUT2D eigenvalue weighted by molar-refractivity contribution is -0.115. The molecule has 1 unspecified atom stereocenters. The molecule has 5 nitrogen and oxygen atoms in total. The molecule has 5 aromatic rings. The first-order valence-electron chi connectivity index (χ1n) is 11.6. The molecule has 0 aliphatic carbocycles. The fourth-order valence-corrected chi connectivity index (χ4v) is 6.15. The molecule has 0 aliphatic rings. The minimum atomic E-state index is -0.474. The highest BCUT2D eigenvalue weighted by Gasteiger charge is 2.24. The van der Waals surface area contributed by atoms with Crippen molar-refractivity contribution in [2.75, 3.05) is 5.32 Å². The van der Waals surface area contributed by atoms with E-state index in [1.807, 2.05) is 106 Å². The number of nitrogens with zero attached hydrogens (tertiary/aromatic N) is 2. The van der Waals surface area contributed by atoms with Gasteiger partial charge in [-0.05, 0) is 50.1 Å². The molecule has 1 atom stereocenters. The number of anilines is 1.